The summed E-state index contributed by atoms with van der Waals surface area (Å²) >= 11 is 0. The van der Waals surface area contributed by atoms with Gasteiger partial charge in [0, 0.05) is 42.5 Å². The fourth-order valence-corrected chi connectivity index (χ4v) is 4.57. The molecule has 216 valence electrons. The highest BCUT2D eigenvalue weighted by Gasteiger charge is 2.25. The number of carboxylic acid groups (broad SMARTS) is 2. The molecule has 1 aliphatic rings. The van der Waals surface area contributed by atoms with Crippen LogP contribution in [-0.4, -0.2) is 64.4 Å². The van der Waals surface area contributed by atoms with Gasteiger partial charge in [0.25, 0.3) is 0 Å². The Morgan fingerprint density at radius 2 is 1.67 bits per heavy atom. The first-order valence-corrected chi connectivity index (χ1v) is 13.9. The van der Waals surface area contributed by atoms with Gasteiger partial charge in [-0.05, 0) is 50.9 Å². The molecule has 1 fully saturated rings. The van der Waals surface area contributed by atoms with Gasteiger partial charge in [-0.15, -0.1) is 0 Å². The third-order valence-electron chi connectivity index (χ3n) is 6.67. The van der Waals surface area contributed by atoms with E-state index in [9.17, 15) is 18.8 Å². The molecule has 3 rings (SSSR count). The summed E-state index contributed by atoms with van der Waals surface area (Å²) in [5.74, 6) is -2.52. The number of unbranched alkanes of at least 4 members (excludes halogenated alkanes) is 6. The molecule has 2 heterocycles. The third kappa shape index (κ3) is 12.9. The van der Waals surface area contributed by atoms with Crippen molar-refractivity contribution in [2.24, 2.45) is 0 Å². The summed E-state index contributed by atoms with van der Waals surface area (Å²) in [6.45, 7) is 5.66. The van der Waals surface area contributed by atoms with Crippen molar-refractivity contribution in [1.29, 1.82) is 0 Å². The van der Waals surface area contributed by atoms with Crippen molar-refractivity contribution >= 4 is 28.9 Å². The molecule has 0 spiro atoms. The minimum Gasteiger partial charge on any atom is -0.478 e. The first-order chi connectivity index (χ1) is 18.8. The lowest BCUT2D eigenvalue weighted by molar-refractivity contribution is -0.144. The number of aromatic nitrogens is 1. The van der Waals surface area contributed by atoms with Gasteiger partial charge in [-0.3, -0.25) is 4.79 Å². The Morgan fingerprint density at radius 3 is 2.31 bits per heavy atom. The van der Waals surface area contributed by atoms with Crippen LogP contribution in [-0.2, 0) is 19.1 Å². The predicted octanol–water partition coefficient (Wildman–Crippen LogP) is 5.93. The van der Waals surface area contributed by atoms with Crippen molar-refractivity contribution in [1.82, 2.24) is 10.1 Å². The molecule has 1 aromatic carbocycles. The van der Waals surface area contributed by atoms with Crippen molar-refractivity contribution in [3.8, 4) is 0 Å². The maximum absolute atomic E-state index is 13.3. The Labute approximate surface area is 229 Å². The average Bonchev–Trinajstić information content (AvgIpc) is 3.33. The smallest absolute Gasteiger partial charge is 0.328 e. The zero-order valence-electron chi connectivity index (χ0n) is 22.8. The van der Waals surface area contributed by atoms with Gasteiger partial charge in [0.2, 0.25) is 0 Å². The van der Waals surface area contributed by atoms with Crippen LogP contribution in [0.25, 0.3) is 11.0 Å². The van der Waals surface area contributed by atoms with Gasteiger partial charge < -0.3 is 24.4 Å². The molecular weight excluding hydrogens is 507 g/mol. The highest BCUT2D eigenvalue weighted by Crippen LogP contribution is 2.32. The van der Waals surface area contributed by atoms with Gasteiger partial charge in [0.15, 0.2) is 5.58 Å². The molecular formula is C29H41FN2O7. The lowest BCUT2D eigenvalue weighted by Crippen LogP contribution is -2.34. The number of piperidine rings is 1. The molecule has 39 heavy (non-hydrogen) atoms. The number of likely N-dealkylation sites (tertiary alicyclic amines) is 1. The van der Waals surface area contributed by atoms with Crippen LogP contribution in [0.15, 0.2) is 34.9 Å². The molecule has 0 bridgehead atoms. The fourth-order valence-electron chi connectivity index (χ4n) is 4.57. The molecule has 1 saturated heterocycles. The monoisotopic (exact) mass is 548 g/mol. The summed E-state index contributed by atoms with van der Waals surface area (Å²) in [4.78, 5) is 33.4. The number of aliphatic carboxylic acids is 2. The van der Waals surface area contributed by atoms with Crippen LogP contribution in [0.3, 0.4) is 0 Å². The molecule has 0 saturated carbocycles. The van der Waals surface area contributed by atoms with Gasteiger partial charge in [-0.1, -0.05) is 50.6 Å². The van der Waals surface area contributed by atoms with E-state index in [4.69, 9.17) is 19.5 Å². The summed E-state index contributed by atoms with van der Waals surface area (Å²) in [5.41, 5.74) is 1.48. The largest absolute Gasteiger partial charge is 0.478 e. The molecule has 0 unspecified atom stereocenters. The van der Waals surface area contributed by atoms with Crippen LogP contribution in [0.5, 0.6) is 0 Å². The summed E-state index contributed by atoms with van der Waals surface area (Å²) in [5, 5.41) is 20.8. The van der Waals surface area contributed by atoms with E-state index in [1.807, 2.05) is 0 Å². The van der Waals surface area contributed by atoms with E-state index >= 15 is 0 Å². The highest BCUT2D eigenvalue weighted by atomic mass is 19.1. The van der Waals surface area contributed by atoms with Crippen LogP contribution in [0.2, 0.25) is 0 Å². The number of hydrogen-bond donors (Lipinski definition) is 2. The number of rotatable bonds is 15. The molecule has 1 aromatic heterocycles. The Kier molecular flexibility index (Phi) is 14.8. The van der Waals surface area contributed by atoms with Crippen molar-refractivity contribution in [2.45, 2.75) is 83.5 Å². The number of carboxylic acids is 2. The van der Waals surface area contributed by atoms with E-state index in [0.717, 1.165) is 62.8 Å². The fraction of sp³-hybridized carbons (Fsp3) is 0.586. The Balaban J connectivity index is 0.000000580. The number of fused-ring (bicyclic) bond motifs is 1. The molecule has 0 atom stereocenters. The number of nitrogens with zero attached hydrogens (tertiary/aromatic N) is 2. The Morgan fingerprint density at radius 1 is 1.03 bits per heavy atom. The van der Waals surface area contributed by atoms with Crippen LogP contribution in [0.4, 0.5) is 4.39 Å². The third-order valence-corrected chi connectivity index (χ3v) is 6.67. The molecule has 9 nitrogen and oxygen atoms in total. The molecule has 10 heteroatoms. The minimum atomic E-state index is -1.26. The van der Waals surface area contributed by atoms with Gasteiger partial charge in [-0.2, -0.15) is 0 Å². The summed E-state index contributed by atoms with van der Waals surface area (Å²) < 4.78 is 24.1. The van der Waals surface area contributed by atoms with Gasteiger partial charge in [0.05, 0.1) is 12.3 Å². The molecule has 1 aliphatic heterocycles. The van der Waals surface area contributed by atoms with Crippen molar-refractivity contribution in [2.75, 3.05) is 26.2 Å². The summed E-state index contributed by atoms with van der Waals surface area (Å²) in [7, 11) is 0. The lowest BCUT2D eigenvalue weighted by atomic mass is 9.91. The molecule has 2 N–H and O–H groups in total. The van der Waals surface area contributed by atoms with E-state index in [2.05, 4.69) is 17.0 Å². The number of halogens is 1. The number of benzene rings is 1. The maximum atomic E-state index is 13.3. The number of ether oxygens (including phenoxy) is 1. The molecule has 0 amide bonds. The minimum absolute atomic E-state index is 0.0541. The van der Waals surface area contributed by atoms with E-state index in [0.29, 0.717) is 36.7 Å². The number of carbonyl (C=O) groups is 3. The molecule has 0 radical (unpaired) electrons. The van der Waals surface area contributed by atoms with Crippen LogP contribution in [0.1, 0.15) is 89.2 Å². The SMILES string of the molecule is CCCCCCCCCC(=O)OCCCN1CCC(c2noc3cc(F)ccc23)CC1.O=C(O)/C=C/C(=O)O. The topological polar surface area (TPSA) is 130 Å². The van der Waals surface area contributed by atoms with E-state index < -0.39 is 11.9 Å². The zero-order valence-corrected chi connectivity index (χ0v) is 22.8. The summed E-state index contributed by atoms with van der Waals surface area (Å²) in [6.07, 6.45) is 13.0. The zero-order chi connectivity index (χ0) is 28.5. The first kappa shape index (κ1) is 31.9. The maximum Gasteiger partial charge on any atom is 0.328 e. The van der Waals surface area contributed by atoms with Crippen molar-refractivity contribution < 1.29 is 38.2 Å². The van der Waals surface area contributed by atoms with Gasteiger partial charge >= 0.3 is 17.9 Å². The number of esters is 1. The standard InChI is InChI=1S/C25H37FN2O3.C4H4O4/c1-2-3-4-5-6-7-8-10-24(29)30-18-9-15-28-16-13-20(14-17-28)25-22-12-11-21(26)19-23(22)31-27-25;5-3(6)1-2-4(7)8/h11-12,19-20H,2-10,13-18H2,1H3;1-2H,(H,5,6)(H,7,8)/b;2-1+. The highest BCUT2D eigenvalue weighted by molar-refractivity contribution is 5.89. The molecule has 2 aromatic rings. The molecule has 0 aliphatic carbocycles. The van der Waals surface area contributed by atoms with E-state index in [1.165, 1.54) is 44.2 Å². The van der Waals surface area contributed by atoms with Gasteiger partial charge in [0.1, 0.15) is 5.82 Å². The predicted molar refractivity (Wildman–Crippen MR) is 145 cm³/mol. The summed E-state index contributed by atoms with van der Waals surface area (Å²) in [6, 6.07) is 4.63. The van der Waals surface area contributed by atoms with Crippen LogP contribution < -0.4 is 0 Å². The normalized spacial score (nSPS) is 14.3. The van der Waals surface area contributed by atoms with Crippen LogP contribution in [0, 0.1) is 5.82 Å². The second-order valence-electron chi connectivity index (χ2n) is 9.78. The Hall–Kier alpha value is -3.27. The Bertz CT molecular complexity index is 1050. The number of carbonyl (C=O) groups excluding carboxylic acids is 1. The second kappa shape index (κ2) is 18.1. The lowest BCUT2D eigenvalue weighted by Gasteiger charge is -2.31. The quantitative estimate of drug-likeness (QED) is 0.158. The van der Waals surface area contributed by atoms with E-state index in [1.54, 1.807) is 6.07 Å². The van der Waals surface area contributed by atoms with Crippen LogP contribution >= 0.6 is 0 Å². The van der Waals surface area contributed by atoms with Crippen molar-refractivity contribution in [3.63, 3.8) is 0 Å². The van der Waals surface area contributed by atoms with Gasteiger partial charge in [-0.25, -0.2) is 14.0 Å². The first-order valence-electron chi connectivity index (χ1n) is 13.9. The second-order valence-corrected chi connectivity index (χ2v) is 9.78. The average molecular weight is 549 g/mol. The van der Waals surface area contributed by atoms with E-state index in [-0.39, 0.29) is 11.8 Å². The van der Waals surface area contributed by atoms with Crippen molar-refractivity contribution in [3.05, 3.63) is 41.9 Å². The number of hydrogen-bond acceptors (Lipinski definition) is 7.